The molecular weight excluding hydrogens is 502 g/mol. The lowest BCUT2D eigenvalue weighted by atomic mass is 9.89. The largest absolute Gasteiger partial charge is 0.497 e. The third kappa shape index (κ3) is 6.25. The Morgan fingerprint density at radius 3 is 2.62 bits per heavy atom. The van der Waals surface area contributed by atoms with Crippen LogP contribution in [0.4, 0.5) is 0 Å². The number of amides is 1. The quantitative estimate of drug-likeness (QED) is 0.239. The van der Waals surface area contributed by atoms with E-state index in [-0.39, 0.29) is 5.91 Å². The van der Waals surface area contributed by atoms with E-state index in [1.54, 1.807) is 29.8 Å². The van der Waals surface area contributed by atoms with Crippen molar-refractivity contribution in [2.45, 2.75) is 52.2 Å². The minimum atomic E-state index is 0.00699. The summed E-state index contributed by atoms with van der Waals surface area (Å²) < 4.78 is 13.4. The maximum absolute atomic E-state index is 13.2. The summed E-state index contributed by atoms with van der Waals surface area (Å²) in [6.07, 6.45) is 6.29. The monoisotopic (exact) mass is 535 g/mol. The Bertz CT molecular complexity index is 1300. The SMILES string of the molecule is COc1ccc(OCc2nc(-c3cc(C(=O)NCC4CCCCC4)c(C)n3Cc3cccs3)cs2)cc1. The Kier molecular flexibility index (Phi) is 8.26. The molecule has 1 aliphatic carbocycles. The van der Waals surface area contributed by atoms with Crippen molar-refractivity contribution in [1.82, 2.24) is 14.9 Å². The van der Waals surface area contributed by atoms with Gasteiger partial charge in [0.2, 0.25) is 0 Å². The average Bonchev–Trinajstić information content (AvgIpc) is 3.69. The fraction of sp³-hybridized carbons (Fsp3) is 0.379. The van der Waals surface area contributed by atoms with E-state index in [0.717, 1.165) is 45.7 Å². The van der Waals surface area contributed by atoms with Gasteiger partial charge in [-0.15, -0.1) is 22.7 Å². The third-order valence-corrected chi connectivity index (χ3v) is 8.70. The summed E-state index contributed by atoms with van der Waals surface area (Å²) in [5, 5.41) is 8.24. The van der Waals surface area contributed by atoms with Crippen molar-refractivity contribution in [3.63, 3.8) is 0 Å². The molecule has 1 saturated carbocycles. The molecule has 5 rings (SSSR count). The minimum absolute atomic E-state index is 0.00699. The smallest absolute Gasteiger partial charge is 0.253 e. The Morgan fingerprint density at radius 2 is 1.89 bits per heavy atom. The first-order valence-electron chi connectivity index (χ1n) is 12.8. The second-order valence-corrected chi connectivity index (χ2v) is 11.5. The number of hydrogen-bond donors (Lipinski definition) is 1. The number of nitrogens with one attached hydrogen (secondary N) is 1. The molecule has 1 amide bonds. The van der Waals surface area contributed by atoms with Crippen molar-refractivity contribution in [2.75, 3.05) is 13.7 Å². The van der Waals surface area contributed by atoms with Gasteiger partial charge >= 0.3 is 0 Å². The molecular formula is C29H33N3O3S2. The molecule has 3 aromatic heterocycles. The van der Waals surface area contributed by atoms with Crippen molar-refractivity contribution in [3.8, 4) is 22.9 Å². The molecule has 8 heteroatoms. The van der Waals surface area contributed by atoms with E-state index in [1.807, 2.05) is 37.3 Å². The topological polar surface area (TPSA) is 65.4 Å². The number of thiazole rings is 1. The van der Waals surface area contributed by atoms with Crippen LogP contribution in [0.5, 0.6) is 11.5 Å². The molecule has 37 heavy (non-hydrogen) atoms. The van der Waals surface area contributed by atoms with Crippen molar-refractivity contribution in [3.05, 3.63) is 74.4 Å². The summed E-state index contributed by atoms with van der Waals surface area (Å²) in [5.74, 6) is 2.17. The molecule has 194 valence electrons. The lowest BCUT2D eigenvalue weighted by molar-refractivity contribution is 0.0943. The number of nitrogens with zero attached hydrogens (tertiary/aromatic N) is 2. The summed E-state index contributed by atoms with van der Waals surface area (Å²) >= 11 is 3.29. The van der Waals surface area contributed by atoms with Crippen LogP contribution in [0.2, 0.25) is 0 Å². The standard InChI is InChI=1S/C29H33N3O3S2/c1-20-25(29(33)30-16-21-7-4-3-5-8-21)15-27(32(20)17-24-9-6-14-36-24)26-19-37-28(31-26)18-35-23-12-10-22(34-2)11-13-23/h6,9-15,19,21H,3-5,7-8,16-18H2,1-2H3,(H,30,33). The normalized spacial score (nSPS) is 14.0. The van der Waals surface area contributed by atoms with Crippen LogP contribution < -0.4 is 14.8 Å². The molecule has 3 heterocycles. The number of hydrogen-bond acceptors (Lipinski definition) is 6. The van der Waals surface area contributed by atoms with E-state index < -0.39 is 0 Å². The number of aromatic nitrogens is 2. The fourth-order valence-corrected chi connectivity index (χ4v) is 6.28. The van der Waals surface area contributed by atoms with Crippen molar-refractivity contribution in [2.24, 2.45) is 5.92 Å². The second kappa shape index (κ2) is 12.0. The van der Waals surface area contributed by atoms with E-state index in [0.29, 0.717) is 19.1 Å². The maximum atomic E-state index is 13.2. The first kappa shape index (κ1) is 25.5. The Balaban J connectivity index is 1.34. The zero-order valence-electron chi connectivity index (χ0n) is 21.4. The van der Waals surface area contributed by atoms with Crippen molar-refractivity contribution in [1.29, 1.82) is 0 Å². The van der Waals surface area contributed by atoms with E-state index in [1.165, 1.54) is 37.0 Å². The zero-order valence-corrected chi connectivity index (χ0v) is 23.0. The summed E-state index contributed by atoms with van der Waals surface area (Å²) in [7, 11) is 1.65. The lowest BCUT2D eigenvalue weighted by Crippen LogP contribution is -2.30. The van der Waals surface area contributed by atoms with Crippen LogP contribution in [-0.4, -0.2) is 29.1 Å². The maximum Gasteiger partial charge on any atom is 0.253 e. The first-order chi connectivity index (χ1) is 18.1. The average molecular weight is 536 g/mol. The highest BCUT2D eigenvalue weighted by molar-refractivity contribution is 7.10. The van der Waals surface area contributed by atoms with Crippen LogP contribution in [-0.2, 0) is 13.2 Å². The predicted octanol–water partition coefficient (Wildman–Crippen LogP) is 6.93. The van der Waals surface area contributed by atoms with Gasteiger partial charge in [-0.05, 0) is 67.5 Å². The summed E-state index contributed by atoms with van der Waals surface area (Å²) in [5.41, 5.74) is 3.52. The van der Waals surface area contributed by atoms with Gasteiger partial charge in [-0.3, -0.25) is 4.79 Å². The summed E-state index contributed by atoms with van der Waals surface area (Å²) in [6.45, 7) is 3.89. The van der Waals surface area contributed by atoms with E-state index in [4.69, 9.17) is 14.5 Å². The third-order valence-electron chi connectivity index (χ3n) is 7.02. The number of rotatable bonds is 10. The zero-order chi connectivity index (χ0) is 25.6. The van der Waals surface area contributed by atoms with Crippen LogP contribution in [0.3, 0.4) is 0 Å². The number of methoxy groups -OCH3 is 1. The molecule has 6 nitrogen and oxygen atoms in total. The Hall–Kier alpha value is -3.10. The molecule has 0 aliphatic heterocycles. The van der Waals surface area contributed by atoms with Crippen molar-refractivity contribution < 1.29 is 14.3 Å². The Labute approximate surface area is 226 Å². The van der Waals surface area contributed by atoms with Crippen molar-refractivity contribution >= 4 is 28.6 Å². The predicted molar refractivity (Wildman–Crippen MR) is 150 cm³/mol. The molecule has 0 atom stereocenters. The number of carbonyl (C=O) groups is 1. The molecule has 0 spiro atoms. The van der Waals surface area contributed by atoms with E-state index in [9.17, 15) is 4.79 Å². The van der Waals surface area contributed by atoms with Gasteiger partial charge in [0.15, 0.2) is 0 Å². The van der Waals surface area contributed by atoms with Gasteiger partial charge in [0.1, 0.15) is 23.1 Å². The molecule has 1 fully saturated rings. The number of ether oxygens (including phenoxy) is 2. The molecule has 0 unspecified atom stereocenters. The van der Waals surface area contributed by atoms with Crippen LogP contribution in [0.25, 0.3) is 11.4 Å². The summed E-state index contributed by atoms with van der Waals surface area (Å²) in [6, 6.07) is 13.7. The van der Waals surface area contributed by atoms with Gasteiger partial charge < -0.3 is 19.4 Å². The molecule has 1 aliphatic rings. The highest BCUT2D eigenvalue weighted by Crippen LogP contribution is 2.30. The summed E-state index contributed by atoms with van der Waals surface area (Å²) in [4.78, 5) is 19.4. The molecule has 1 N–H and O–H groups in total. The van der Waals surface area contributed by atoms with E-state index in [2.05, 4.69) is 32.8 Å². The van der Waals surface area contributed by atoms with Gasteiger partial charge in [0, 0.05) is 22.5 Å². The van der Waals surface area contributed by atoms with Crippen LogP contribution in [0.1, 0.15) is 58.0 Å². The Morgan fingerprint density at radius 1 is 1.11 bits per heavy atom. The molecule has 0 radical (unpaired) electrons. The number of thiophene rings is 1. The molecule has 0 saturated heterocycles. The molecule has 4 aromatic rings. The van der Waals surface area contributed by atoms with Crippen LogP contribution in [0, 0.1) is 12.8 Å². The second-order valence-electron chi connectivity index (χ2n) is 9.50. The highest BCUT2D eigenvalue weighted by Gasteiger charge is 2.22. The number of benzene rings is 1. The molecule has 0 bridgehead atoms. The van der Waals surface area contributed by atoms with E-state index >= 15 is 0 Å². The molecule has 1 aromatic carbocycles. The lowest BCUT2D eigenvalue weighted by Gasteiger charge is -2.21. The fourth-order valence-electron chi connectivity index (χ4n) is 4.88. The van der Waals surface area contributed by atoms with Crippen LogP contribution in [0.15, 0.2) is 53.2 Å². The van der Waals surface area contributed by atoms with Gasteiger partial charge in [0.05, 0.1) is 30.6 Å². The minimum Gasteiger partial charge on any atom is -0.497 e. The van der Waals surface area contributed by atoms with Gasteiger partial charge in [0.25, 0.3) is 5.91 Å². The van der Waals surface area contributed by atoms with Gasteiger partial charge in [-0.1, -0.05) is 25.3 Å². The highest BCUT2D eigenvalue weighted by atomic mass is 32.1. The van der Waals surface area contributed by atoms with Gasteiger partial charge in [-0.25, -0.2) is 4.98 Å². The first-order valence-corrected chi connectivity index (χ1v) is 14.6. The number of carbonyl (C=O) groups excluding carboxylic acids is 1. The van der Waals surface area contributed by atoms with Crippen LogP contribution >= 0.6 is 22.7 Å². The van der Waals surface area contributed by atoms with Gasteiger partial charge in [-0.2, -0.15) is 0 Å².